The maximum Gasteiger partial charge on any atom is 0.243 e. The molecule has 1 saturated heterocycles. The molecule has 0 amide bonds. The molecule has 5 heteroatoms. The van der Waals surface area contributed by atoms with Crippen LogP contribution in [0.15, 0.2) is 29.2 Å². The third-order valence-electron chi connectivity index (χ3n) is 5.53. The van der Waals surface area contributed by atoms with Crippen molar-refractivity contribution in [1.82, 2.24) is 4.31 Å². The van der Waals surface area contributed by atoms with Crippen LogP contribution in [0.1, 0.15) is 59.4 Å². The van der Waals surface area contributed by atoms with Gasteiger partial charge in [-0.3, -0.25) is 0 Å². The fourth-order valence-electron chi connectivity index (χ4n) is 4.86. The summed E-state index contributed by atoms with van der Waals surface area (Å²) < 4.78 is 28.0. The number of hydrogen-bond acceptors (Lipinski definition) is 3. The zero-order valence-electron chi connectivity index (χ0n) is 15.3. The first-order valence-electron chi connectivity index (χ1n) is 8.67. The Morgan fingerprint density at radius 3 is 2.25 bits per heavy atom. The van der Waals surface area contributed by atoms with Gasteiger partial charge in [0.25, 0.3) is 0 Å². The minimum atomic E-state index is -3.49. The molecular weight excluding hydrogens is 322 g/mol. The quantitative estimate of drug-likeness (QED) is 0.907. The third-order valence-corrected chi connectivity index (χ3v) is 7.45. The monoisotopic (exact) mass is 351 g/mol. The van der Waals surface area contributed by atoms with Crippen LogP contribution in [0, 0.1) is 10.8 Å². The highest BCUT2D eigenvalue weighted by Crippen LogP contribution is 2.53. The van der Waals surface area contributed by atoms with E-state index in [9.17, 15) is 13.5 Å². The van der Waals surface area contributed by atoms with E-state index in [1.807, 2.05) is 0 Å². The van der Waals surface area contributed by atoms with E-state index < -0.39 is 15.6 Å². The van der Waals surface area contributed by atoms with Crippen molar-refractivity contribution in [3.05, 3.63) is 29.8 Å². The first-order chi connectivity index (χ1) is 10.8. The van der Waals surface area contributed by atoms with Crippen LogP contribution in [0.25, 0.3) is 0 Å². The molecule has 1 aromatic rings. The Kier molecular flexibility index (Phi) is 3.95. The Bertz CT molecular complexity index is 731. The number of nitrogens with zero attached hydrogens (tertiary/aromatic N) is 1. The Morgan fingerprint density at radius 1 is 1.12 bits per heavy atom. The Balaban J connectivity index is 1.92. The lowest BCUT2D eigenvalue weighted by molar-refractivity contribution is 0.0785. The molecule has 1 N–H and O–H groups in total. The van der Waals surface area contributed by atoms with Gasteiger partial charge >= 0.3 is 0 Å². The van der Waals surface area contributed by atoms with Gasteiger partial charge in [0.05, 0.1) is 10.5 Å². The van der Waals surface area contributed by atoms with Crippen molar-refractivity contribution < 1.29 is 13.5 Å². The van der Waals surface area contributed by atoms with Crippen LogP contribution < -0.4 is 0 Å². The summed E-state index contributed by atoms with van der Waals surface area (Å²) in [5.41, 5.74) is 0.0122. The maximum atomic E-state index is 13.2. The van der Waals surface area contributed by atoms with Gasteiger partial charge in [-0.25, -0.2) is 8.42 Å². The van der Waals surface area contributed by atoms with E-state index in [1.54, 1.807) is 42.4 Å². The van der Waals surface area contributed by atoms with E-state index in [1.165, 1.54) is 0 Å². The smallest absolute Gasteiger partial charge is 0.243 e. The molecule has 0 radical (unpaired) electrons. The lowest BCUT2D eigenvalue weighted by Gasteiger charge is -2.39. The molecule has 1 aromatic carbocycles. The van der Waals surface area contributed by atoms with Gasteiger partial charge in [0.15, 0.2) is 0 Å². The lowest BCUT2D eigenvalue weighted by atomic mass is 9.65. The second-order valence-electron chi connectivity index (χ2n) is 9.35. The van der Waals surface area contributed by atoms with E-state index >= 15 is 0 Å². The molecule has 1 aliphatic carbocycles. The number of benzene rings is 1. The average molecular weight is 352 g/mol. The number of fused-ring (bicyclic) bond motifs is 2. The third kappa shape index (κ3) is 3.14. The molecule has 1 heterocycles. The molecular formula is C19H29NO3S. The predicted octanol–water partition coefficient (Wildman–Crippen LogP) is 3.50. The number of sulfonamides is 1. The first-order valence-corrected chi connectivity index (χ1v) is 10.1. The summed E-state index contributed by atoms with van der Waals surface area (Å²) in [5.74, 6) is 0. The van der Waals surface area contributed by atoms with Gasteiger partial charge in [-0.1, -0.05) is 32.9 Å². The minimum absolute atomic E-state index is 0.0759. The molecule has 2 aliphatic rings. The molecule has 2 bridgehead atoms. The van der Waals surface area contributed by atoms with Crippen molar-refractivity contribution >= 4 is 10.0 Å². The second-order valence-corrected chi connectivity index (χ2v) is 11.2. The van der Waals surface area contributed by atoms with Crippen molar-refractivity contribution in [3.8, 4) is 0 Å². The molecule has 3 rings (SSSR count). The SMILES string of the molecule is CC1(C)CC2CC(C)(CN2S(=O)(=O)c2ccc(C(C)(C)O)cc2)C1. The Morgan fingerprint density at radius 2 is 1.71 bits per heavy atom. The first kappa shape index (κ1) is 17.9. The summed E-state index contributed by atoms with van der Waals surface area (Å²) in [5, 5.41) is 10.0. The minimum Gasteiger partial charge on any atom is -0.386 e. The average Bonchev–Trinajstić information content (AvgIpc) is 2.67. The fraction of sp³-hybridized carbons (Fsp3) is 0.684. The highest BCUT2D eigenvalue weighted by molar-refractivity contribution is 7.89. The van der Waals surface area contributed by atoms with Crippen molar-refractivity contribution in [2.24, 2.45) is 10.8 Å². The highest BCUT2D eigenvalue weighted by atomic mass is 32.2. The van der Waals surface area contributed by atoms with Gasteiger partial charge < -0.3 is 5.11 Å². The molecule has 0 aromatic heterocycles. The summed E-state index contributed by atoms with van der Waals surface area (Å²) in [6.07, 6.45) is 2.95. The van der Waals surface area contributed by atoms with Crippen molar-refractivity contribution in [3.63, 3.8) is 0 Å². The van der Waals surface area contributed by atoms with Crippen LogP contribution in [0.2, 0.25) is 0 Å². The molecule has 2 atom stereocenters. The van der Waals surface area contributed by atoms with Crippen molar-refractivity contribution in [2.45, 2.75) is 70.4 Å². The molecule has 1 aliphatic heterocycles. The summed E-state index contributed by atoms with van der Waals surface area (Å²) in [6.45, 7) is 10.7. The van der Waals surface area contributed by atoms with Crippen LogP contribution in [-0.2, 0) is 15.6 Å². The largest absolute Gasteiger partial charge is 0.386 e. The lowest BCUT2D eigenvalue weighted by Crippen LogP contribution is -2.37. The highest BCUT2D eigenvalue weighted by Gasteiger charge is 2.53. The molecule has 1 saturated carbocycles. The van der Waals surface area contributed by atoms with Crippen molar-refractivity contribution in [1.29, 1.82) is 0 Å². The topological polar surface area (TPSA) is 57.6 Å². The van der Waals surface area contributed by atoms with Gasteiger partial charge in [-0.15, -0.1) is 0 Å². The summed E-state index contributed by atoms with van der Waals surface area (Å²) in [4.78, 5) is 0.324. The van der Waals surface area contributed by atoms with Crippen LogP contribution >= 0.6 is 0 Å². The van der Waals surface area contributed by atoms with Crippen LogP contribution in [0.3, 0.4) is 0 Å². The number of hydrogen-bond donors (Lipinski definition) is 1. The normalized spacial score (nSPS) is 30.5. The van der Waals surface area contributed by atoms with Gasteiger partial charge in [0.2, 0.25) is 10.0 Å². The second kappa shape index (κ2) is 5.29. The maximum absolute atomic E-state index is 13.2. The molecule has 2 unspecified atom stereocenters. The van der Waals surface area contributed by atoms with Crippen molar-refractivity contribution in [2.75, 3.05) is 6.54 Å². The standard InChI is InChI=1S/C19H29NO3S/c1-17(2)10-15-11-19(5,12-17)13-20(15)24(22,23)16-8-6-14(7-9-16)18(3,4)21/h6-9,15,21H,10-13H2,1-5H3. The predicted molar refractivity (Wildman–Crippen MR) is 95.1 cm³/mol. The van der Waals surface area contributed by atoms with Gasteiger partial charge in [-0.2, -0.15) is 4.31 Å². The molecule has 134 valence electrons. The summed E-state index contributed by atoms with van der Waals surface area (Å²) in [6, 6.07) is 6.76. The molecule has 4 nitrogen and oxygen atoms in total. The van der Waals surface area contributed by atoms with E-state index in [0.29, 0.717) is 11.4 Å². The molecule has 24 heavy (non-hydrogen) atoms. The Labute approximate surface area is 145 Å². The Hall–Kier alpha value is -0.910. The van der Waals surface area contributed by atoms with Crippen LogP contribution in [0.5, 0.6) is 0 Å². The zero-order valence-corrected chi connectivity index (χ0v) is 16.2. The van der Waals surface area contributed by atoms with Gasteiger partial charge in [0, 0.05) is 12.6 Å². The van der Waals surface area contributed by atoms with Crippen LogP contribution in [-0.4, -0.2) is 30.4 Å². The molecule has 2 fully saturated rings. The molecule has 0 spiro atoms. The summed E-state index contributed by atoms with van der Waals surface area (Å²) >= 11 is 0. The number of rotatable bonds is 3. The van der Waals surface area contributed by atoms with E-state index in [0.717, 1.165) is 24.8 Å². The zero-order chi connectivity index (χ0) is 18.0. The number of aliphatic hydroxyl groups is 1. The van der Waals surface area contributed by atoms with Gasteiger partial charge in [0.1, 0.15) is 0 Å². The van der Waals surface area contributed by atoms with E-state index in [2.05, 4.69) is 20.8 Å². The van der Waals surface area contributed by atoms with Crippen LogP contribution in [0.4, 0.5) is 0 Å². The summed E-state index contributed by atoms with van der Waals surface area (Å²) in [7, 11) is -3.49. The van der Waals surface area contributed by atoms with Gasteiger partial charge in [-0.05, 0) is 61.6 Å². The van der Waals surface area contributed by atoms with E-state index in [-0.39, 0.29) is 16.9 Å². The fourth-order valence-corrected chi connectivity index (χ4v) is 6.63. The van der Waals surface area contributed by atoms with E-state index in [4.69, 9.17) is 0 Å².